The molecule has 20 heavy (non-hydrogen) atoms. The number of carbonyl (C=O) groups is 1. The number of nitrogens with zero attached hydrogens (tertiary/aromatic N) is 2. The maximum Gasteiger partial charge on any atom is 0.220 e. The Morgan fingerprint density at radius 3 is 2.80 bits per heavy atom. The molecule has 0 spiro atoms. The van der Waals surface area contributed by atoms with Gasteiger partial charge in [-0.15, -0.1) is 0 Å². The Morgan fingerprint density at radius 1 is 1.50 bits per heavy atom. The molecule has 2 rings (SSSR count). The average Bonchev–Trinajstić information content (AvgIpc) is 2.43. The summed E-state index contributed by atoms with van der Waals surface area (Å²) in [7, 11) is 0. The highest BCUT2D eigenvalue weighted by atomic mass is 35.5. The number of aromatic nitrogens is 1. The van der Waals surface area contributed by atoms with E-state index in [-0.39, 0.29) is 11.8 Å². The molecule has 0 aliphatic carbocycles. The van der Waals surface area contributed by atoms with Crippen molar-refractivity contribution >= 4 is 23.3 Å². The van der Waals surface area contributed by atoms with Crippen LogP contribution in [0.3, 0.4) is 0 Å². The molecule has 6 heteroatoms. The van der Waals surface area contributed by atoms with Gasteiger partial charge in [-0.1, -0.05) is 11.6 Å². The molecule has 3 N–H and O–H groups in total. The lowest BCUT2D eigenvalue weighted by molar-refractivity contribution is -0.123. The number of hydrogen-bond acceptors (Lipinski definition) is 4. The van der Waals surface area contributed by atoms with Crippen LogP contribution in [0.25, 0.3) is 0 Å². The number of halogens is 1. The van der Waals surface area contributed by atoms with Crippen molar-refractivity contribution in [1.29, 1.82) is 0 Å². The van der Waals surface area contributed by atoms with Gasteiger partial charge in [0.1, 0.15) is 5.82 Å². The van der Waals surface area contributed by atoms with Crippen molar-refractivity contribution in [3.8, 4) is 0 Å². The Hall–Kier alpha value is -1.33. The second kappa shape index (κ2) is 6.90. The predicted molar refractivity (Wildman–Crippen MR) is 80.6 cm³/mol. The van der Waals surface area contributed by atoms with E-state index in [1.54, 1.807) is 0 Å². The molecule has 1 amide bonds. The van der Waals surface area contributed by atoms with E-state index >= 15 is 0 Å². The van der Waals surface area contributed by atoms with Crippen molar-refractivity contribution in [3.05, 3.63) is 22.8 Å². The number of anilines is 1. The fraction of sp³-hybridized carbons (Fsp3) is 0.571. The third-order valence-corrected chi connectivity index (χ3v) is 3.98. The Kier molecular flexibility index (Phi) is 5.20. The quantitative estimate of drug-likeness (QED) is 0.870. The molecule has 1 saturated heterocycles. The largest absolute Gasteiger partial charge is 0.370 e. The predicted octanol–water partition coefficient (Wildman–Crippen LogP) is 1.86. The number of piperidine rings is 1. The van der Waals surface area contributed by atoms with Crippen LogP contribution >= 0.6 is 11.6 Å². The van der Waals surface area contributed by atoms with Gasteiger partial charge in [-0.3, -0.25) is 9.69 Å². The second-order valence-electron chi connectivity index (χ2n) is 5.11. The zero-order valence-electron chi connectivity index (χ0n) is 11.7. The van der Waals surface area contributed by atoms with Gasteiger partial charge < -0.3 is 11.1 Å². The molecule has 0 radical (unpaired) electrons. The van der Waals surface area contributed by atoms with Crippen LogP contribution in [-0.4, -0.2) is 35.4 Å². The lowest BCUT2D eigenvalue weighted by atomic mass is 9.96. The van der Waals surface area contributed by atoms with Gasteiger partial charge >= 0.3 is 0 Å². The van der Waals surface area contributed by atoms with Gasteiger partial charge in [0.05, 0.1) is 10.7 Å². The second-order valence-corrected chi connectivity index (χ2v) is 5.52. The minimum Gasteiger partial charge on any atom is -0.370 e. The van der Waals surface area contributed by atoms with Gasteiger partial charge in [0.25, 0.3) is 0 Å². The number of pyridine rings is 1. The van der Waals surface area contributed by atoms with E-state index in [2.05, 4.69) is 15.2 Å². The Morgan fingerprint density at radius 2 is 2.20 bits per heavy atom. The molecule has 1 aromatic rings. The van der Waals surface area contributed by atoms with Crippen LogP contribution in [0, 0.1) is 5.92 Å². The lowest BCUT2D eigenvalue weighted by Gasteiger charge is -2.30. The zero-order chi connectivity index (χ0) is 14.5. The molecular formula is C14H21ClN4O. The van der Waals surface area contributed by atoms with Crippen molar-refractivity contribution in [3.63, 3.8) is 0 Å². The number of carbonyl (C=O) groups excluding carboxylic acids is 1. The Bertz CT molecular complexity index is 472. The van der Waals surface area contributed by atoms with Crippen molar-refractivity contribution in [2.24, 2.45) is 11.7 Å². The van der Waals surface area contributed by atoms with Crippen LogP contribution in [0.15, 0.2) is 12.1 Å². The summed E-state index contributed by atoms with van der Waals surface area (Å²) in [5, 5.41) is 3.87. The summed E-state index contributed by atoms with van der Waals surface area (Å²) in [6, 6.07) is 3.76. The van der Waals surface area contributed by atoms with Crippen molar-refractivity contribution < 1.29 is 4.79 Å². The number of rotatable bonds is 5. The molecule has 5 nitrogen and oxygen atoms in total. The monoisotopic (exact) mass is 296 g/mol. The third kappa shape index (κ3) is 3.84. The Labute approximate surface area is 124 Å². The third-order valence-electron chi connectivity index (χ3n) is 3.64. The van der Waals surface area contributed by atoms with Crippen molar-refractivity contribution in [1.82, 2.24) is 9.88 Å². The van der Waals surface area contributed by atoms with Gasteiger partial charge in [0, 0.05) is 19.0 Å². The number of primary amides is 1. The van der Waals surface area contributed by atoms with Gasteiger partial charge in [-0.25, -0.2) is 4.98 Å². The molecule has 0 bridgehead atoms. The van der Waals surface area contributed by atoms with Crippen LogP contribution in [-0.2, 0) is 11.3 Å². The molecule has 0 saturated carbocycles. The molecule has 1 fully saturated rings. The summed E-state index contributed by atoms with van der Waals surface area (Å²) < 4.78 is 0. The van der Waals surface area contributed by atoms with Crippen LogP contribution in [0.5, 0.6) is 0 Å². The molecular weight excluding hydrogens is 276 g/mol. The zero-order valence-corrected chi connectivity index (χ0v) is 12.5. The maximum absolute atomic E-state index is 11.2. The van der Waals surface area contributed by atoms with Crippen LogP contribution < -0.4 is 11.1 Å². The normalized spacial score (nSPS) is 17.1. The van der Waals surface area contributed by atoms with E-state index in [1.165, 1.54) is 0 Å². The summed E-state index contributed by atoms with van der Waals surface area (Å²) >= 11 is 6.20. The van der Waals surface area contributed by atoms with Gasteiger partial charge in [-0.2, -0.15) is 0 Å². The first-order valence-corrected chi connectivity index (χ1v) is 7.39. The average molecular weight is 297 g/mol. The lowest BCUT2D eigenvalue weighted by Crippen LogP contribution is -2.38. The summed E-state index contributed by atoms with van der Waals surface area (Å²) in [6.45, 7) is 5.29. The highest BCUT2D eigenvalue weighted by molar-refractivity contribution is 6.31. The molecule has 1 aromatic heterocycles. The first-order valence-electron chi connectivity index (χ1n) is 7.01. The van der Waals surface area contributed by atoms with Gasteiger partial charge in [0.15, 0.2) is 0 Å². The Balaban J connectivity index is 1.97. The van der Waals surface area contributed by atoms with Crippen LogP contribution in [0.4, 0.5) is 5.82 Å². The molecule has 2 heterocycles. The number of nitrogens with one attached hydrogen (secondary N) is 1. The van der Waals surface area contributed by atoms with E-state index < -0.39 is 0 Å². The minimum absolute atomic E-state index is 0.0165. The molecule has 1 aliphatic heterocycles. The number of nitrogens with two attached hydrogens (primary N) is 1. The molecule has 1 aliphatic rings. The minimum atomic E-state index is -0.185. The SMILES string of the molecule is CCNc1ccc(Cl)c(CN2CCC(C(N)=O)CC2)n1. The fourth-order valence-corrected chi connectivity index (χ4v) is 2.63. The first-order chi connectivity index (χ1) is 9.60. The number of likely N-dealkylation sites (tertiary alicyclic amines) is 1. The van der Waals surface area contributed by atoms with E-state index in [9.17, 15) is 4.79 Å². The first kappa shape index (κ1) is 15.1. The molecule has 0 atom stereocenters. The molecule has 0 unspecified atom stereocenters. The standard InChI is InChI=1S/C14H21ClN4O/c1-2-17-13-4-3-11(15)12(18-13)9-19-7-5-10(6-8-19)14(16)20/h3-4,10H,2,5-9H2,1H3,(H2,16,20)(H,17,18). The van der Waals surface area contributed by atoms with Crippen molar-refractivity contribution in [2.75, 3.05) is 25.0 Å². The van der Waals surface area contributed by atoms with E-state index in [0.717, 1.165) is 44.0 Å². The van der Waals surface area contributed by atoms with E-state index in [1.807, 2.05) is 19.1 Å². The van der Waals surface area contributed by atoms with Gasteiger partial charge in [-0.05, 0) is 45.0 Å². The fourth-order valence-electron chi connectivity index (χ4n) is 2.46. The topological polar surface area (TPSA) is 71.2 Å². The molecule has 110 valence electrons. The van der Waals surface area contributed by atoms with Gasteiger partial charge in [0.2, 0.25) is 5.91 Å². The summed E-state index contributed by atoms with van der Waals surface area (Å²) in [6.07, 6.45) is 1.64. The van der Waals surface area contributed by atoms with E-state index in [4.69, 9.17) is 17.3 Å². The number of hydrogen-bond donors (Lipinski definition) is 2. The highest BCUT2D eigenvalue weighted by Gasteiger charge is 2.23. The summed E-state index contributed by atoms with van der Waals surface area (Å²) in [5.41, 5.74) is 6.22. The highest BCUT2D eigenvalue weighted by Crippen LogP contribution is 2.22. The molecule has 0 aromatic carbocycles. The number of amides is 1. The van der Waals surface area contributed by atoms with Crippen LogP contribution in [0.1, 0.15) is 25.5 Å². The maximum atomic E-state index is 11.2. The smallest absolute Gasteiger partial charge is 0.220 e. The summed E-state index contributed by atoms with van der Waals surface area (Å²) in [5.74, 6) is 0.677. The summed E-state index contributed by atoms with van der Waals surface area (Å²) in [4.78, 5) is 18.0. The van der Waals surface area contributed by atoms with E-state index in [0.29, 0.717) is 11.6 Å². The van der Waals surface area contributed by atoms with Crippen LogP contribution in [0.2, 0.25) is 5.02 Å². The van der Waals surface area contributed by atoms with Crippen molar-refractivity contribution in [2.45, 2.75) is 26.3 Å².